The van der Waals surface area contributed by atoms with Gasteiger partial charge in [0, 0.05) is 15.2 Å². The third kappa shape index (κ3) is 2.30. The standard InChI is InChI=1S/C27H21NS/c1-27(2)20-12-4-3-10-18(20)19-11-9-15-23(26(19)27)28-21-13-5-7-16-24(21)29-25-17-8-6-14-22(25)28/h3-17H,1-2H3. The third-order valence-electron chi connectivity index (χ3n) is 6.23. The van der Waals surface area contributed by atoms with Crippen LogP contribution in [0.3, 0.4) is 0 Å². The van der Waals surface area contributed by atoms with Gasteiger partial charge in [0.05, 0.1) is 17.1 Å². The van der Waals surface area contributed by atoms with E-state index >= 15 is 0 Å². The molecule has 0 fully saturated rings. The van der Waals surface area contributed by atoms with Gasteiger partial charge in [-0.2, -0.15) is 0 Å². The molecule has 1 aliphatic carbocycles. The summed E-state index contributed by atoms with van der Waals surface area (Å²) >= 11 is 1.86. The predicted octanol–water partition coefficient (Wildman–Crippen LogP) is 7.93. The highest BCUT2D eigenvalue weighted by molar-refractivity contribution is 7.99. The molecule has 0 aromatic heterocycles. The molecule has 1 heterocycles. The van der Waals surface area contributed by atoms with Gasteiger partial charge in [-0.1, -0.05) is 86.3 Å². The van der Waals surface area contributed by atoms with Gasteiger partial charge in [0.1, 0.15) is 0 Å². The first kappa shape index (κ1) is 16.9. The molecule has 140 valence electrons. The zero-order chi connectivity index (χ0) is 19.6. The summed E-state index contributed by atoms with van der Waals surface area (Å²) in [5.41, 5.74) is 9.31. The Labute approximate surface area is 176 Å². The van der Waals surface area contributed by atoms with Gasteiger partial charge in [-0.05, 0) is 52.6 Å². The molecular formula is C27H21NS. The molecule has 0 unspecified atom stereocenters. The second-order valence-corrected chi connectivity index (χ2v) is 9.33. The minimum Gasteiger partial charge on any atom is -0.308 e. The summed E-state index contributed by atoms with van der Waals surface area (Å²) in [7, 11) is 0. The van der Waals surface area contributed by atoms with Crippen molar-refractivity contribution in [3.8, 4) is 11.1 Å². The maximum Gasteiger partial charge on any atom is 0.0601 e. The van der Waals surface area contributed by atoms with Gasteiger partial charge in [0.15, 0.2) is 0 Å². The van der Waals surface area contributed by atoms with Gasteiger partial charge < -0.3 is 4.90 Å². The van der Waals surface area contributed by atoms with Crippen LogP contribution in [0.1, 0.15) is 25.0 Å². The van der Waals surface area contributed by atoms with Crippen molar-refractivity contribution in [2.75, 3.05) is 4.90 Å². The summed E-state index contributed by atoms with van der Waals surface area (Å²) in [6.45, 7) is 4.72. The first-order valence-electron chi connectivity index (χ1n) is 10.1. The molecule has 0 amide bonds. The van der Waals surface area contributed by atoms with Gasteiger partial charge in [-0.3, -0.25) is 0 Å². The molecule has 6 rings (SSSR count). The molecule has 0 atom stereocenters. The number of hydrogen-bond donors (Lipinski definition) is 0. The normalized spacial score (nSPS) is 15.3. The van der Waals surface area contributed by atoms with Gasteiger partial charge >= 0.3 is 0 Å². The Bertz CT molecular complexity index is 1230. The quantitative estimate of drug-likeness (QED) is 0.285. The Hall–Kier alpha value is -2.97. The maximum atomic E-state index is 2.47. The first-order valence-corrected chi connectivity index (χ1v) is 10.9. The predicted molar refractivity (Wildman–Crippen MR) is 123 cm³/mol. The Morgan fingerprint density at radius 1 is 0.586 bits per heavy atom. The van der Waals surface area contributed by atoms with Crippen LogP contribution in [-0.2, 0) is 5.41 Å². The van der Waals surface area contributed by atoms with Gasteiger partial charge in [-0.25, -0.2) is 0 Å². The molecule has 0 spiro atoms. The Kier molecular flexibility index (Phi) is 3.51. The molecule has 29 heavy (non-hydrogen) atoms. The van der Waals surface area contributed by atoms with Crippen molar-refractivity contribution in [1.82, 2.24) is 0 Å². The summed E-state index contributed by atoms with van der Waals surface area (Å²) in [4.78, 5) is 5.07. The van der Waals surface area contributed by atoms with Crippen LogP contribution in [0.4, 0.5) is 17.1 Å². The molecule has 0 saturated carbocycles. The van der Waals surface area contributed by atoms with Crippen LogP contribution in [0.2, 0.25) is 0 Å². The molecule has 4 aromatic rings. The second-order valence-electron chi connectivity index (χ2n) is 8.24. The van der Waals surface area contributed by atoms with E-state index in [1.807, 2.05) is 11.8 Å². The third-order valence-corrected chi connectivity index (χ3v) is 7.36. The number of rotatable bonds is 1. The lowest BCUT2D eigenvalue weighted by molar-refractivity contribution is 0.660. The second kappa shape index (κ2) is 6.01. The smallest absolute Gasteiger partial charge is 0.0601 e. The van der Waals surface area contributed by atoms with Crippen molar-refractivity contribution in [3.63, 3.8) is 0 Å². The molecule has 1 nitrogen and oxygen atoms in total. The van der Waals surface area contributed by atoms with E-state index in [0.29, 0.717) is 0 Å². The monoisotopic (exact) mass is 391 g/mol. The van der Waals surface area contributed by atoms with Crippen molar-refractivity contribution in [1.29, 1.82) is 0 Å². The van der Waals surface area contributed by atoms with E-state index in [0.717, 1.165) is 0 Å². The van der Waals surface area contributed by atoms with Crippen molar-refractivity contribution in [2.24, 2.45) is 0 Å². The lowest BCUT2D eigenvalue weighted by atomic mass is 9.81. The number of hydrogen-bond acceptors (Lipinski definition) is 2. The van der Waals surface area contributed by atoms with E-state index in [4.69, 9.17) is 0 Å². The molecular weight excluding hydrogens is 370 g/mol. The fraction of sp³-hybridized carbons (Fsp3) is 0.111. The largest absolute Gasteiger partial charge is 0.308 e. The number of nitrogens with zero attached hydrogens (tertiary/aromatic N) is 1. The van der Waals surface area contributed by atoms with Crippen molar-refractivity contribution in [3.05, 3.63) is 102 Å². The van der Waals surface area contributed by atoms with Crippen LogP contribution < -0.4 is 4.90 Å². The van der Waals surface area contributed by atoms with Crippen molar-refractivity contribution in [2.45, 2.75) is 29.1 Å². The highest BCUT2D eigenvalue weighted by Crippen LogP contribution is 2.57. The fourth-order valence-corrected chi connectivity index (χ4v) is 6.03. The average Bonchev–Trinajstić information content (AvgIpc) is 3.00. The minimum atomic E-state index is -0.0446. The van der Waals surface area contributed by atoms with Gasteiger partial charge in [0.25, 0.3) is 0 Å². The minimum absolute atomic E-state index is 0.0446. The zero-order valence-electron chi connectivity index (χ0n) is 16.5. The van der Waals surface area contributed by atoms with Crippen molar-refractivity contribution >= 4 is 28.8 Å². The van der Waals surface area contributed by atoms with E-state index in [1.165, 1.54) is 49.1 Å². The van der Waals surface area contributed by atoms with Crippen LogP contribution in [0.15, 0.2) is 101 Å². The molecule has 2 aliphatic rings. The van der Waals surface area contributed by atoms with Crippen LogP contribution in [-0.4, -0.2) is 0 Å². The number of anilines is 3. The number of para-hydroxylation sites is 2. The first-order chi connectivity index (χ1) is 14.2. The van der Waals surface area contributed by atoms with E-state index in [1.54, 1.807) is 0 Å². The van der Waals surface area contributed by atoms with Gasteiger partial charge in [0.2, 0.25) is 0 Å². The van der Waals surface area contributed by atoms with E-state index in [2.05, 4.69) is 110 Å². The van der Waals surface area contributed by atoms with Crippen molar-refractivity contribution < 1.29 is 0 Å². The Balaban J connectivity index is 1.67. The van der Waals surface area contributed by atoms with E-state index in [9.17, 15) is 0 Å². The highest BCUT2D eigenvalue weighted by atomic mass is 32.2. The Morgan fingerprint density at radius 3 is 1.86 bits per heavy atom. The molecule has 0 N–H and O–H groups in total. The Morgan fingerprint density at radius 2 is 1.14 bits per heavy atom. The average molecular weight is 392 g/mol. The summed E-state index contributed by atoms with van der Waals surface area (Å²) in [5, 5.41) is 0. The molecule has 0 bridgehead atoms. The maximum absolute atomic E-state index is 2.47. The molecule has 0 saturated heterocycles. The summed E-state index contributed by atoms with van der Waals surface area (Å²) in [6.07, 6.45) is 0. The molecule has 4 aromatic carbocycles. The van der Waals surface area contributed by atoms with Crippen LogP contribution in [0, 0.1) is 0 Å². The summed E-state index contributed by atoms with van der Waals surface area (Å²) in [6, 6.07) is 33.1. The highest BCUT2D eigenvalue weighted by Gasteiger charge is 2.39. The van der Waals surface area contributed by atoms with Crippen LogP contribution >= 0.6 is 11.8 Å². The van der Waals surface area contributed by atoms with Crippen LogP contribution in [0.5, 0.6) is 0 Å². The zero-order valence-corrected chi connectivity index (χ0v) is 17.3. The summed E-state index contributed by atoms with van der Waals surface area (Å²) < 4.78 is 0. The topological polar surface area (TPSA) is 3.24 Å². The van der Waals surface area contributed by atoms with Gasteiger partial charge in [-0.15, -0.1) is 0 Å². The van der Waals surface area contributed by atoms with E-state index < -0.39 is 0 Å². The fourth-order valence-electron chi connectivity index (χ4n) is 4.97. The van der Waals surface area contributed by atoms with E-state index in [-0.39, 0.29) is 5.41 Å². The van der Waals surface area contributed by atoms with Crippen LogP contribution in [0.25, 0.3) is 11.1 Å². The number of benzene rings is 4. The lowest BCUT2D eigenvalue weighted by Crippen LogP contribution is -2.22. The SMILES string of the molecule is CC1(C)c2ccccc2-c2cccc(N3c4ccccc4Sc4ccccc43)c21. The lowest BCUT2D eigenvalue weighted by Gasteiger charge is -2.36. The number of fused-ring (bicyclic) bond motifs is 5. The molecule has 0 radical (unpaired) electrons. The molecule has 1 aliphatic heterocycles. The summed E-state index contributed by atoms with van der Waals surface area (Å²) in [5.74, 6) is 0. The molecule has 2 heteroatoms.